The number of amidine groups is 1. The Morgan fingerprint density at radius 2 is 1.54 bits per heavy atom. The lowest BCUT2D eigenvalue weighted by Gasteiger charge is -2.29. The highest BCUT2D eigenvalue weighted by atomic mass is 16.2. The molecule has 2 heterocycles. The average molecular weight is 318 g/mol. The fraction of sp³-hybridized carbons (Fsp3) is 0.158. The van der Waals surface area contributed by atoms with E-state index in [4.69, 9.17) is 0 Å². The van der Waals surface area contributed by atoms with Gasteiger partial charge in [-0.2, -0.15) is 0 Å². The van der Waals surface area contributed by atoms with Crippen molar-refractivity contribution in [3.63, 3.8) is 0 Å². The van der Waals surface area contributed by atoms with Crippen molar-refractivity contribution in [1.82, 2.24) is 15.1 Å². The van der Waals surface area contributed by atoms with E-state index in [0.717, 1.165) is 23.6 Å². The summed E-state index contributed by atoms with van der Waals surface area (Å²) in [5.41, 5.74) is 3.27. The quantitative estimate of drug-likeness (QED) is 0.942. The van der Waals surface area contributed by atoms with Gasteiger partial charge in [-0.15, -0.1) is 0 Å². The zero-order valence-electron chi connectivity index (χ0n) is 13.2. The molecule has 2 aromatic rings. The first-order chi connectivity index (χ1) is 11.8. The van der Waals surface area contributed by atoms with Gasteiger partial charge >= 0.3 is 6.03 Å². The third-order valence-electron chi connectivity index (χ3n) is 4.19. The van der Waals surface area contributed by atoms with Gasteiger partial charge in [0, 0.05) is 12.7 Å². The normalized spacial score (nSPS) is 16.4. The van der Waals surface area contributed by atoms with Crippen LogP contribution in [-0.4, -0.2) is 28.3 Å². The number of fused-ring (bicyclic) bond motifs is 1. The maximum atomic E-state index is 12.3. The van der Waals surface area contributed by atoms with Gasteiger partial charge in [0.2, 0.25) is 0 Å². The van der Waals surface area contributed by atoms with E-state index >= 15 is 0 Å². The lowest BCUT2D eigenvalue weighted by molar-refractivity contribution is 0.220. The smallest absolute Gasteiger partial charge is 0.327 e. The van der Waals surface area contributed by atoms with Crippen molar-refractivity contribution >= 4 is 11.9 Å². The molecule has 2 aliphatic rings. The summed E-state index contributed by atoms with van der Waals surface area (Å²) in [5, 5.41) is 2.84. The van der Waals surface area contributed by atoms with E-state index in [9.17, 15) is 4.79 Å². The van der Waals surface area contributed by atoms with Gasteiger partial charge in [-0.1, -0.05) is 60.7 Å². The highest BCUT2D eigenvalue weighted by molar-refractivity contribution is 6.10. The number of urea groups is 1. The summed E-state index contributed by atoms with van der Waals surface area (Å²) >= 11 is 0. The maximum absolute atomic E-state index is 12.3. The van der Waals surface area contributed by atoms with E-state index < -0.39 is 0 Å². The van der Waals surface area contributed by atoms with Crippen LogP contribution in [0.3, 0.4) is 0 Å². The van der Waals surface area contributed by atoms with Gasteiger partial charge in [-0.05, 0) is 11.1 Å². The number of carbonyl (C=O) groups excluding carboxylic acids is 1. The standard InChI is InChI=1S/C19H18N4O/c24-19-20-11-17-18(23(19)13-16-9-5-2-6-10-16)21-14-22(17)12-15-7-3-1-4-8-15/h1-11H,12-14H2,(H,20,24). The molecule has 1 N–H and O–H groups in total. The van der Waals surface area contributed by atoms with Crippen LogP contribution in [0, 0.1) is 0 Å². The van der Waals surface area contributed by atoms with Crippen molar-refractivity contribution in [2.75, 3.05) is 6.67 Å². The summed E-state index contributed by atoms with van der Waals surface area (Å²) in [6.45, 7) is 1.85. The van der Waals surface area contributed by atoms with Gasteiger partial charge in [0.05, 0.1) is 12.2 Å². The van der Waals surface area contributed by atoms with Crippen molar-refractivity contribution in [2.45, 2.75) is 13.1 Å². The van der Waals surface area contributed by atoms with Crippen LogP contribution in [0.2, 0.25) is 0 Å². The Kier molecular flexibility index (Phi) is 3.75. The molecule has 0 fully saturated rings. The van der Waals surface area contributed by atoms with Crippen molar-refractivity contribution in [3.05, 3.63) is 83.7 Å². The minimum absolute atomic E-state index is 0.136. The Balaban J connectivity index is 1.54. The summed E-state index contributed by atoms with van der Waals surface area (Å²) in [5.74, 6) is 0.749. The zero-order chi connectivity index (χ0) is 16.4. The highest BCUT2D eigenvalue weighted by Crippen LogP contribution is 2.23. The molecule has 4 rings (SSSR count). The second-order valence-corrected chi connectivity index (χ2v) is 5.86. The minimum Gasteiger partial charge on any atom is -0.344 e. The first-order valence-corrected chi connectivity index (χ1v) is 7.97. The zero-order valence-corrected chi connectivity index (χ0v) is 13.2. The fourth-order valence-electron chi connectivity index (χ4n) is 2.99. The molecule has 0 spiro atoms. The molecule has 0 saturated carbocycles. The fourth-order valence-corrected chi connectivity index (χ4v) is 2.99. The number of nitrogens with one attached hydrogen (secondary N) is 1. The monoisotopic (exact) mass is 318 g/mol. The minimum atomic E-state index is -0.136. The molecule has 2 aliphatic heterocycles. The van der Waals surface area contributed by atoms with Crippen LogP contribution < -0.4 is 5.32 Å². The number of rotatable bonds is 4. The molecule has 24 heavy (non-hydrogen) atoms. The Morgan fingerprint density at radius 1 is 0.917 bits per heavy atom. The Hall–Kier alpha value is -3.08. The van der Waals surface area contributed by atoms with Crippen LogP contribution in [0.4, 0.5) is 4.79 Å². The molecule has 0 aromatic heterocycles. The van der Waals surface area contributed by atoms with E-state index in [-0.39, 0.29) is 6.03 Å². The molecule has 0 aliphatic carbocycles. The van der Waals surface area contributed by atoms with Gasteiger partial charge in [0.1, 0.15) is 6.67 Å². The molecular formula is C19H18N4O. The van der Waals surface area contributed by atoms with Crippen molar-refractivity contribution in [3.8, 4) is 0 Å². The Bertz CT molecular complexity index is 799. The van der Waals surface area contributed by atoms with Crippen LogP contribution >= 0.6 is 0 Å². The summed E-state index contributed by atoms with van der Waals surface area (Å²) < 4.78 is 0. The topological polar surface area (TPSA) is 47.9 Å². The van der Waals surface area contributed by atoms with Crippen LogP contribution in [0.25, 0.3) is 0 Å². The molecule has 2 aromatic carbocycles. The third kappa shape index (κ3) is 2.76. The Labute approximate surface area is 140 Å². The second-order valence-electron chi connectivity index (χ2n) is 5.86. The lowest BCUT2D eigenvalue weighted by atomic mass is 10.2. The maximum Gasteiger partial charge on any atom is 0.327 e. The predicted octanol–water partition coefficient (Wildman–Crippen LogP) is 2.93. The van der Waals surface area contributed by atoms with E-state index in [0.29, 0.717) is 13.2 Å². The van der Waals surface area contributed by atoms with Crippen molar-refractivity contribution in [1.29, 1.82) is 0 Å². The van der Waals surface area contributed by atoms with E-state index in [1.54, 1.807) is 11.1 Å². The number of carbonyl (C=O) groups is 1. The molecule has 120 valence electrons. The summed E-state index contributed by atoms with van der Waals surface area (Å²) in [6.07, 6.45) is 1.76. The summed E-state index contributed by atoms with van der Waals surface area (Å²) in [4.78, 5) is 20.8. The van der Waals surface area contributed by atoms with Gasteiger partial charge in [0.25, 0.3) is 0 Å². The lowest BCUT2D eigenvalue weighted by Crippen LogP contribution is -2.47. The van der Waals surface area contributed by atoms with Crippen LogP contribution in [0.15, 0.2) is 77.6 Å². The first kappa shape index (κ1) is 14.5. The number of amides is 2. The Morgan fingerprint density at radius 3 is 2.21 bits per heavy atom. The van der Waals surface area contributed by atoms with Gasteiger partial charge < -0.3 is 10.2 Å². The van der Waals surface area contributed by atoms with Crippen molar-refractivity contribution in [2.24, 2.45) is 4.99 Å². The van der Waals surface area contributed by atoms with Crippen molar-refractivity contribution < 1.29 is 4.79 Å². The van der Waals surface area contributed by atoms with Gasteiger partial charge in [-0.3, -0.25) is 4.90 Å². The number of hydrogen-bond donors (Lipinski definition) is 1. The molecular weight excluding hydrogens is 300 g/mol. The first-order valence-electron chi connectivity index (χ1n) is 7.97. The SMILES string of the molecule is O=C1NC=C2C(=NCN2Cc2ccccc2)N1Cc1ccccc1. The molecule has 0 saturated heterocycles. The van der Waals surface area contributed by atoms with Crippen LogP contribution in [-0.2, 0) is 13.1 Å². The van der Waals surface area contributed by atoms with Gasteiger partial charge in [0.15, 0.2) is 5.84 Å². The van der Waals surface area contributed by atoms with E-state index in [1.807, 2.05) is 48.5 Å². The molecule has 2 amide bonds. The summed E-state index contributed by atoms with van der Waals surface area (Å²) in [7, 11) is 0. The number of hydrogen-bond acceptors (Lipinski definition) is 3. The predicted molar refractivity (Wildman–Crippen MR) is 92.9 cm³/mol. The average Bonchev–Trinajstić information content (AvgIpc) is 3.02. The highest BCUT2D eigenvalue weighted by Gasteiger charge is 2.33. The van der Waals surface area contributed by atoms with E-state index in [2.05, 4.69) is 27.3 Å². The molecule has 0 unspecified atom stereocenters. The molecule has 5 nitrogen and oxygen atoms in total. The van der Waals surface area contributed by atoms with Crippen LogP contribution in [0.5, 0.6) is 0 Å². The largest absolute Gasteiger partial charge is 0.344 e. The molecule has 5 heteroatoms. The molecule has 0 bridgehead atoms. The van der Waals surface area contributed by atoms with Gasteiger partial charge in [-0.25, -0.2) is 9.79 Å². The third-order valence-corrected chi connectivity index (χ3v) is 4.19. The number of aliphatic imine (C=N–C) groups is 1. The summed E-state index contributed by atoms with van der Waals surface area (Å²) in [6, 6.07) is 20.1. The number of benzene rings is 2. The molecule has 0 radical (unpaired) electrons. The van der Waals surface area contributed by atoms with E-state index in [1.165, 1.54) is 5.56 Å². The second kappa shape index (κ2) is 6.20. The molecule has 0 atom stereocenters. The van der Waals surface area contributed by atoms with Crippen LogP contribution in [0.1, 0.15) is 11.1 Å². The number of nitrogens with zero attached hydrogens (tertiary/aromatic N) is 3.